The van der Waals surface area contributed by atoms with E-state index in [1.807, 2.05) is 4.90 Å². The lowest BCUT2D eigenvalue weighted by molar-refractivity contribution is -0.166. The van der Waals surface area contributed by atoms with E-state index in [9.17, 15) is 14.4 Å². The van der Waals surface area contributed by atoms with Gasteiger partial charge < -0.3 is 40.9 Å². The molecule has 0 aromatic carbocycles. The fourth-order valence-electron chi connectivity index (χ4n) is 16.3. The van der Waals surface area contributed by atoms with Crippen LogP contribution < -0.4 is 21.3 Å². The number of amides is 3. The van der Waals surface area contributed by atoms with Gasteiger partial charge in [-0.05, 0) is 231 Å². The number of piperidine rings is 1. The van der Waals surface area contributed by atoms with Crippen LogP contribution in [0.15, 0.2) is 36.8 Å². The average Bonchev–Trinajstić information content (AvgIpc) is 1.16. The van der Waals surface area contributed by atoms with E-state index in [0.717, 1.165) is 56.9 Å². The first-order valence-corrected chi connectivity index (χ1v) is 37.1. The highest BCUT2D eigenvalue weighted by Gasteiger charge is 2.56. The molecule has 0 aromatic rings. The Morgan fingerprint density at radius 2 is 0.989 bits per heavy atom. The molecule has 11 fully saturated rings. The van der Waals surface area contributed by atoms with Gasteiger partial charge in [0.1, 0.15) is 0 Å². The van der Waals surface area contributed by atoms with E-state index >= 15 is 0 Å². The highest BCUT2D eigenvalue weighted by molar-refractivity contribution is 5.74. The van der Waals surface area contributed by atoms with Crippen molar-refractivity contribution >= 4 is 17.7 Å². The maximum atomic E-state index is 11.0. The lowest BCUT2D eigenvalue weighted by Gasteiger charge is -2.63. The van der Waals surface area contributed by atoms with E-state index in [1.165, 1.54) is 160 Å². The Morgan fingerprint density at radius 1 is 0.527 bits per heavy atom. The van der Waals surface area contributed by atoms with Gasteiger partial charge in [0.25, 0.3) is 0 Å². The third-order valence-electron chi connectivity index (χ3n) is 22.0. The van der Waals surface area contributed by atoms with E-state index in [-0.39, 0.29) is 28.8 Å². The zero-order valence-electron chi connectivity index (χ0n) is 65.3. The Labute approximate surface area is 573 Å². The molecule has 9 aliphatic heterocycles. The summed E-state index contributed by atoms with van der Waals surface area (Å²) in [6.45, 7) is 85.5. The molecule has 2 aliphatic carbocycles. The third-order valence-corrected chi connectivity index (χ3v) is 22.0. The zero-order valence-corrected chi connectivity index (χ0v) is 65.3. The van der Waals surface area contributed by atoms with Crippen LogP contribution in [0.3, 0.4) is 0 Å². The van der Waals surface area contributed by atoms with Crippen LogP contribution in [0.2, 0.25) is 0 Å². The molecular formula is C78H148N12O3. The molecule has 3 amide bonds. The quantitative estimate of drug-likeness (QED) is 0.185. The van der Waals surface area contributed by atoms with Crippen molar-refractivity contribution in [2.45, 2.75) is 308 Å². The van der Waals surface area contributed by atoms with Crippen LogP contribution >= 0.6 is 0 Å². The minimum atomic E-state index is 0.101. The highest BCUT2D eigenvalue weighted by Crippen LogP contribution is 2.51. The molecule has 9 heterocycles. The molecule has 11 aliphatic rings. The van der Waals surface area contributed by atoms with Crippen molar-refractivity contribution < 1.29 is 14.4 Å². The van der Waals surface area contributed by atoms with Gasteiger partial charge in [0.05, 0.1) is 0 Å². The van der Waals surface area contributed by atoms with Gasteiger partial charge in [-0.15, -0.1) is 0 Å². The minimum absolute atomic E-state index is 0.101. The summed E-state index contributed by atoms with van der Waals surface area (Å²) < 4.78 is 0. The molecule has 93 heavy (non-hydrogen) atoms. The first-order chi connectivity index (χ1) is 42.5. The van der Waals surface area contributed by atoms with Gasteiger partial charge >= 0.3 is 0 Å². The minimum Gasteiger partial charge on any atom is -0.383 e. The largest absolute Gasteiger partial charge is 0.383 e. The molecule has 15 nitrogen and oxygen atoms in total. The second-order valence-electron chi connectivity index (χ2n) is 37.9. The first-order valence-electron chi connectivity index (χ1n) is 37.1. The summed E-state index contributed by atoms with van der Waals surface area (Å²) in [5.74, 6) is 2.28. The van der Waals surface area contributed by atoms with Crippen LogP contribution in [0.5, 0.6) is 0 Å². The van der Waals surface area contributed by atoms with Crippen molar-refractivity contribution in [3.63, 3.8) is 0 Å². The van der Waals surface area contributed by atoms with Crippen LogP contribution in [0.4, 0.5) is 0 Å². The average molecular weight is 1300 g/mol. The lowest BCUT2D eigenvalue weighted by Crippen LogP contribution is -2.75. The van der Waals surface area contributed by atoms with Crippen molar-refractivity contribution in [1.82, 2.24) is 60.5 Å². The van der Waals surface area contributed by atoms with E-state index < -0.39 is 0 Å². The molecule has 9 saturated heterocycles. The number of likely N-dealkylation sites (tertiary alicyclic amines) is 8. The van der Waals surface area contributed by atoms with Gasteiger partial charge in [0.15, 0.2) is 0 Å². The molecule has 0 aromatic heterocycles. The molecule has 538 valence electrons. The molecule has 2 saturated carbocycles. The molecule has 0 radical (unpaired) electrons. The number of carbonyl (C=O) groups excluding carboxylic acids is 3. The topological polar surface area (TPSA) is 125 Å². The van der Waals surface area contributed by atoms with Crippen molar-refractivity contribution in [2.75, 3.05) is 105 Å². The Bertz CT molecular complexity index is 2390. The van der Waals surface area contributed by atoms with Gasteiger partial charge in [0, 0.05) is 205 Å². The van der Waals surface area contributed by atoms with Crippen molar-refractivity contribution in [3.05, 3.63) is 36.8 Å². The fraction of sp³-hybridized carbons (Fsp3) is 0.885. The fourth-order valence-corrected chi connectivity index (χ4v) is 16.3. The predicted octanol–water partition coefficient (Wildman–Crippen LogP) is 12.8. The summed E-state index contributed by atoms with van der Waals surface area (Å²) in [4.78, 5) is 52.1. The summed E-state index contributed by atoms with van der Waals surface area (Å²) >= 11 is 0. The Hall–Kier alpha value is -3.21. The maximum absolute atomic E-state index is 11.0. The Morgan fingerprint density at radius 3 is 1.38 bits per heavy atom. The number of nitrogens with zero attached hydrogens (tertiary/aromatic N) is 8. The number of hydrogen-bond donors (Lipinski definition) is 4. The molecular weight excluding hydrogens is 1150 g/mol. The van der Waals surface area contributed by atoms with Crippen LogP contribution in [0, 0.1) is 33.5 Å². The standard InChI is InChI=1S/C13H24N2.C12H24N2O.C12H22N2.2C11H20N2O.C11H21N.C8H17N/c1-10(2)15-8-13(9-15)6-11(7-13)14-12(3,4)5;1-10(15)13-11-6-5-8-14(9-7-11)12(2,3)4;1-10(2)14-8-6-12(7-9-14)5-4-11(3)13-12;1-9(14)12-5-11(6-12)7-13(8-11)10(2,3)4;1-8(2)13-6-11(7-13)4-10(5-11)12-9(3)14;1-9(2)12-7-10(8-12)6-11(3,4)5;1-7-5-9(6-7)8(2,3)4/h11,14H,1,6-9H2,2-5H3;11H,5-9H2,1-4H3,(H,13,15);10,13H,3-9H2,1-2H3;5-8H2,1-4H3;8,10H,4-7H2,1-3H3,(H,12,14);10H,1,6-8H2,2-5H3;7H,5-6H2,1-4H3. The molecule has 11 rings (SSSR count). The summed E-state index contributed by atoms with van der Waals surface area (Å²) in [5.41, 5.74) is 7.51. The van der Waals surface area contributed by atoms with Crippen molar-refractivity contribution in [1.29, 1.82) is 0 Å². The molecule has 15 heteroatoms. The molecule has 4 spiro atoms. The third kappa shape index (κ3) is 25.2. The molecule has 0 bridgehead atoms. The normalized spacial score (nSPS) is 25.3. The van der Waals surface area contributed by atoms with Crippen LogP contribution in [-0.4, -0.2) is 220 Å². The number of nitrogens with one attached hydrogen (secondary N) is 4. The summed E-state index contributed by atoms with van der Waals surface area (Å²) in [6.07, 6.45) is 14.9. The lowest BCUT2D eigenvalue weighted by atomic mass is 9.60. The van der Waals surface area contributed by atoms with Crippen LogP contribution in [-0.2, 0) is 14.4 Å². The monoisotopic (exact) mass is 1300 g/mol. The maximum Gasteiger partial charge on any atom is 0.219 e. The van der Waals surface area contributed by atoms with Crippen molar-refractivity contribution in [2.24, 2.45) is 33.5 Å². The summed E-state index contributed by atoms with van der Waals surface area (Å²) in [6, 6.07) is 2.98. The Kier molecular flexibility index (Phi) is 27.9. The Balaban J connectivity index is 0.000000198. The predicted molar refractivity (Wildman–Crippen MR) is 394 cm³/mol. The van der Waals surface area contributed by atoms with Gasteiger partial charge in [-0.25, -0.2) is 0 Å². The van der Waals surface area contributed by atoms with Gasteiger partial charge in [-0.2, -0.15) is 0 Å². The van der Waals surface area contributed by atoms with E-state index in [0.29, 0.717) is 62.4 Å². The summed E-state index contributed by atoms with van der Waals surface area (Å²) in [5, 5.41) is 13.3. The number of rotatable bonds is 8. The van der Waals surface area contributed by atoms with Gasteiger partial charge in [0.2, 0.25) is 17.7 Å². The molecule has 4 N–H and O–H groups in total. The van der Waals surface area contributed by atoms with E-state index in [1.54, 1.807) is 20.8 Å². The molecule has 1 unspecified atom stereocenters. The smallest absolute Gasteiger partial charge is 0.219 e. The van der Waals surface area contributed by atoms with E-state index in [4.69, 9.17) is 0 Å². The number of carbonyl (C=O) groups is 3. The number of allylic oxidation sites excluding steroid dienone is 3. The first kappa shape index (κ1) is 80.5. The van der Waals surface area contributed by atoms with Crippen LogP contribution in [0.1, 0.15) is 250 Å². The van der Waals surface area contributed by atoms with Gasteiger partial charge in [-0.3, -0.25) is 34.0 Å². The summed E-state index contributed by atoms with van der Waals surface area (Å²) in [7, 11) is 0. The molecule has 1 atom stereocenters. The van der Waals surface area contributed by atoms with Crippen LogP contribution in [0.25, 0.3) is 0 Å². The number of hydrogen-bond acceptors (Lipinski definition) is 12. The van der Waals surface area contributed by atoms with Crippen molar-refractivity contribution in [3.8, 4) is 0 Å². The highest BCUT2D eigenvalue weighted by atomic mass is 16.2. The second kappa shape index (κ2) is 32.2. The van der Waals surface area contributed by atoms with E-state index in [2.05, 4.69) is 228 Å². The second-order valence-corrected chi connectivity index (χ2v) is 37.9. The zero-order chi connectivity index (χ0) is 70.3. The SMILES string of the molecule is C=C(C)N1CC(CC(C)(C)C)C1.C=C(C)N1CC2(CC(NC(C)(C)C)C2)C1.C=C1CCC2(CCN(C(C)C)CC2)N1.CC(=O)N1CC2(C1)CN(C(C)(C)C)C2.CC(=O)NC1CC2(C1)CN(C(C)C)C2.CC(=O)NC1CCCN(C(C)(C)C)CC1.CC1CN(C(C)(C)C)C1. The van der Waals surface area contributed by atoms with Gasteiger partial charge in [-0.1, -0.05) is 47.4 Å².